The molecule has 1 atom stereocenters. The second kappa shape index (κ2) is 7.47. The Labute approximate surface area is 138 Å². The van der Waals surface area contributed by atoms with E-state index >= 15 is 0 Å². The second-order valence-corrected chi connectivity index (χ2v) is 9.02. The zero-order valence-electron chi connectivity index (χ0n) is 12.9. The Hall–Kier alpha value is -1.37. The van der Waals surface area contributed by atoms with Crippen LogP contribution in [0.3, 0.4) is 0 Å². The van der Waals surface area contributed by atoms with Gasteiger partial charge in [-0.1, -0.05) is 6.92 Å². The molecule has 0 amide bonds. The summed E-state index contributed by atoms with van der Waals surface area (Å²) < 4.78 is 23.5. The predicted molar refractivity (Wildman–Crippen MR) is 88.4 cm³/mol. The molecule has 1 unspecified atom stereocenters. The third-order valence-electron chi connectivity index (χ3n) is 3.28. The van der Waals surface area contributed by atoms with E-state index in [0.717, 1.165) is 17.8 Å². The topological polar surface area (TPSA) is 95.7 Å². The highest BCUT2D eigenvalue weighted by Crippen LogP contribution is 2.61. The number of carbonyl (C=O) groups excluding carboxylic acids is 1. The molecular weight excluding hydrogens is 341 g/mol. The van der Waals surface area contributed by atoms with E-state index in [4.69, 9.17) is 9.05 Å². The van der Waals surface area contributed by atoms with Crippen LogP contribution in [0.15, 0.2) is 12.1 Å². The van der Waals surface area contributed by atoms with Gasteiger partial charge in [0, 0.05) is 23.8 Å². The molecule has 0 aliphatic heterocycles. The van der Waals surface area contributed by atoms with E-state index in [1.54, 1.807) is 6.92 Å². The number of nitro benzene ring substituents is 1. The lowest BCUT2D eigenvalue weighted by molar-refractivity contribution is -0.385. The Balaban J connectivity index is 2.40. The van der Waals surface area contributed by atoms with Gasteiger partial charge in [-0.25, -0.2) is 4.57 Å². The maximum atomic E-state index is 12.7. The van der Waals surface area contributed by atoms with Gasteiger partial charge in [0.15, 0.2) is 5.78 Å². The highest BCUT2D eigenvalue weighted by Gasteiger charge is 2.35. The fraction of sp³-hybridized carbons (Fsp3) is 0.500. The van der Waals surface area contributed by atoms with Gasteiger partial charge in [-0.15, -0.1) is 0 Å². The van der Waals surface area contributed by atoms with Gasteiger partial charge in [-0.3, -0.25) is 19.4 Å². The number of hydrogen-bond acceptors (Lipinski definition) is 7. The lowest BCUT2D eigenvalue weighted by atomic mass is 10.1. The molecule has 0 bridgehead atoms. The molecule has 0 N–H and O–H groups in total. The minimum absolute atomic E-state index is 0.105. The summed E-state index contributed by atoms with van der Waals surface area (Å²) in [6, 6.07) is 2.62. The van der Waals surface area contributed by atoms with Crippen molar-refractivity contribution < 1.29 is 23.3 Å². The van der Waals surface area contributed by atoms with Crippen molar-refractivity contribution >= 4 is 29.6 Å². The number of ketones is 1. The van der Waals surface area contributed by atoms with Crippen LogP contribution >= 0.6 is 18.2 Å². The van der Waals surface area contributed by atoms with Crippen LogP contribution in [0.5, 0.6) is 5.75 Å². The van der Waals surface area contributed by atoms with Gasteiger partial charge in [0.05, 0.1) is 17.1 Å². The number of Topliss-reactive ketones (excluding diaryl/α,β-unsaturated/α-hetero) is 1. The molecule has 1 aliphatic rings. The average Bonchev–Trinajstić information content (AvgIpc) is 2.88. The normalized spacial score (nSPS) is 16.0. The van der Waals surface area contributed by atoms with Crippen LogP contribution in [-0.2, 0) is 15.5 Å². The SMILES string of the molecule is CCCSP(=O)(OCC)Oc1ccc([N+](=O)[O-])c2c1C(=O)CC2. The third kappa shape index (κ3) is 3.94. The summed E-state index contributed by atoms with van der Waals surface area (Å²) in [4.78, 5) is 22.6. The molecule has 7 nitrogen and oxygen atoms in total. The van der Waals surface area contributed by atoms with Crippen molar-refractivity contribution in [3.05, 3.63) is 33.4 Å². The van der Waals surface area contributed by atoms with E-state index in [1.807, 2.05) is 6.92 Å². The molecule has 0 heterocycles. The monoisotopic (exact) mass is 359 g/mol. The zero-order valence-corrected chi connectivity index (χ0v) is 14.7. The molecule has 23 heavy (non-hydrogen) atoms. The van der Waals surface area contributed by atoms with Gasteiger partial charge in [0.2, 0.25) is 0 Å². The van der Waals surface area contributed by atoms with Crippen molar-refractivity contribution in [3.63, 3.8) is 0 Å². The molecule has 2 rings (SSSR count). The smallest absolute Gasteiger partial charge is 0.416 e. The lowest BCUT2D eigenvalue weighted by Gasteiger charge is -2.19. The van der Waals surface area contributed by atoms with Crippen LogP contribution in [0.1, 0.15) is 42.6 Å². The number of carbonyl (C=O) groups is 1. The zero-order chi connectivity index (χ0) is 17.0. The van der Waals surface area contributed by atoms with E-state index < -0.39 is 11.7 Å². The average molecular weight is 359 g/mol. The first-order chi connectivity index (χ1) is 10.9. The maximum Gasteiger partial charge on any atom is 0.440 e. The highest BCUT2D eigenvalue weighted by molar-refractivity contribution is 8.55. The molecule has 0 fully saturated rings. The molecule has 1 aliphatic carbocycles. The van der Waals surface area contributed by atoms with Crippen molar-refractivity contribution in [2.75, 3.05) is 12.4 Å². The van der Waals surface area contributed by atoms with Gasteiger partial charge < -0.3 is 4.52 Å². The van der Waals surface area contributed by atoms with Gasteiger partial charge in [-0.05, 0) is 37.2 Å². The predicted octanol–water partition coefficient (Wildman–Crippen LogP) is 4.39. The molecular formula is C14H18NO6PS. The summed E-state index contributed by atoms with van der Waals surface area (Å²) in [5, 5.41) is 11.1. The van der Waals surface area contributed by atoms with Crippen LogP contribution in [-0.4, -0.2) is 23.1 Å². The molecule has 0 saturated carbocycles. The first kappa shape index (κ1) is 18.0. The van der Waals surface area contributed by atoms with E-state index in [-0.39, 0.29) is 35.8 Å². The number of nitrogens with zero attached hydrogens (tertiary/aromatic N) is 1. The summed E-state index contributed by atoms with van der Waals surface area (Å²) >= 11 is 1.07. The van der Waals surface area contributed by atoms with Crippen LogP contribution in [0.25, 0.3) is 0 Å². The Morgan fingerprint density at radius 2 is 2.09 bits per heavy atom. The van der Waals surface area contributed by atoms with Crippen LogP contribution in [0, 0.1) is 10.1 Å². The van der Waals surface area contributed by atoms with Crippen LogP contribution in [0.2, 0.25) is 0 Å². The summed E-state index contributed by atoms with van der Waals surface area (Å²) in [5.74, 6) is 0.455. The molecule has 126 valence electrons. The molecule has 0 spiro atoms. The van der Waals surface area contributed by atoms with Crippen LogP contribution in [0.4, 0.5) is 5.69 Å². The molecule has 0 aromatic heterocycles. The Morgan fingerprint density at radius 1 is 1.35 bits per heavy atom. The summed E-state index contributed by atoms with van der Waals surface area (Å²) in [5.41, 5.74) is 0.405. The summed E-state index contributed by atoms with van der Waals surface area (Å²) in [6.45, 7) is 0.388. The van der Waals surface area contributed by atoms with Gasteiger partial charge in [0.25, 0.3) is 5.69 Å². The fourth-order valence-corrected chi connectivity index (χ4v) is 5.81. The number of nitro groups is 1. The Bertz CT molecular complexity index is 677. The maximum absolute atomic E-state index is 12.7. The standard InChI is InChI=1S/C14H18NO6PS/c1-3-9-23-22(19,20-4-2)21-13-8-6-11(15(17)18)10-5-7-12(16)14(10)13/h6,8H,3-5,7,9H2,1-2H3. The first-order valence-electron chi connectivity index (χ1n) is 7.34. The molecule has 1 aromatic rings. The number of benzene rings is 1. The van der Waals surface area contributed by atoms with Crippen molar-refractivity contribution in [1.82, 2.24) is 0 Å². The lowest BCUT2D eigenvalue weighted by Crippen LogP contribution is -2.03. The van der Waals surface area contributed by atoms with E-state index in [9.17, 15) is 19.5 Å². The van der Waals surface area contributed by atoms with Crippen molar-refractivity contribution in [2.45, 2.75) is 33.1 Å². The Morgan fingerprint density at radius 3 is 2.70 bits per heavy atom. The van der Waals surface area contributed by atoms with E-state index in [1.165, 1.54) is 12.1 Å². The quantitative estimate of drug-likeness (QED) is 0.386. The van der Waals surface area contributed by atoms with Crippen LogP contribution < -0.4 is 4.52 Å². The van der Waals surface area contributed by atoms with Crippen molar-refractivity contribution in [1.29, 1.82) is 0 Å². The summed E-state index contributed by atoms with van der Waals surface area (Å²) in [6.07, 6.45) is 1.28. The second-order valence-electron chi connectivity index (χ2n) is 4.91. The highest BCUT2D eigenvalue weighted by atomic mass is 32.7. The van der Waals surface area contributed by atoms with E-state index in [2.05, 4.69) is 0 Å². The number of rotatable bonds is 8. The first-order valence-corrected chi connectivity index (χ1v) is 10.5. The molecule has 0 saturated heterocycles. The summed E-state index contributed by atoms with van der Waals surface area (Å²) in [7, 11) is 0. The Kier molecular flexibility index (Phi) is 5.84. The largest absolute Gasteiger partial charge is 0.440 e. The number of hydrogen-bond donors (Lipinski definition) is 0. The molecule has 9 heteroatoms. The van der Waals surface area contributed by atoms with Gasteiger partial charge in [-0.2, -0.15) is 0 Å². The fourth-order valence-electron chi connectivity index (χ4n) is 2.36. The molecule has 0 radical (unpaired) electrons. The van der Waals surface area contributed by atoms with Gasteiger partial charge >= 0.3 is 6.80 Å². The third-order valence-corrected chi connectivity index (χ3v) is 7.22. The van der Waals surface area contributed by atoms with Gasteiger partial charge in [0.1, 0.15) is 5.75 Å². The minimum Gasteiger partial charge on any atom is -0.416 e. The van der Waals surface area contributed by atoms with Crippen molar-refractivity contribution in [2.24, 2.45) is 0 Å². The number of fused-ring (bicyclic) bond motifs is 1. The van der Waals surface area contributed by atoms with Crippen molar-refractivity contribution in [3.8, 4) is 5.75 Å². The van der Waals surface area contributed by atoms with E-state index in [0.29, 0.717) is 17.7 Å². The molecule has 1 aromatic carbocycles. The minimum atomic E-state index is -3.46.